The highest BCUT2D eigenvalue weighted by Crippen LogP contribution is 2.63. The van der Waals surface area contributed by atoms with Crippen LogP contribution in [0, 0.1) is 17.8 Å². The van der Waals surface area contributed by atoms with Gasteiger partial charge in [0, 0.05) is 36.0 Å². The average Bonchev–Trinajstić information content (AvgIpc) is 3.30. The number of rotatable bonds is 20. The summed E-state index contributed by atoms with van der Waals surface area (Å²) >= 11 is 1.74. The van der Waals surface area contributed by atoms with Gasteiger partial charge in [0.2, 0.25) is 5.79 Å². The second-order valence-corrected chi connectivity index (χ2v) is 17.5. The Hall–Kier alpha value is -5.39. The zero-order valence-electron chi connectivity index (χ0n) is 35.2. The van der Waals surface area contributed by atoms with Crippen molar-refractivity contribution in [2.45, 2.75) is 73.4 Å². The van der Waals surface area contributed by atoms with Gasteiger partial charge in [-0.2, -0.15) is 0 Å². The normalized spacial score (nSPS) is 23.1. The molecule has 10 heteroatoms. The predicted octanol–water partition coefficient (Wildman–Crippen LogP) is 11.1. The Morgan fingerprint density at radius 3 is 2.40 bits per heavy atom. The highest BCUT2D eigenvalue weighted by molar-refractivity contribution is 8.00. The molecule has 6 atom stereocenters. The number of aliphatic hydroxyl groups excluding tert-OH is 2. The van der Waals surface area contributed by atoms with Gasteiger partial charge in [-0.05, 0) is 108 Å². The lowest BCUT2D eigenvalue weighted by Gasteiger charge is -2.58. The van der Waals surface area contributed by atoms with Crippen LogP contribution in [0.1, 0.15) is 72.3 Å². The number of nitrogens with zero attached hydrogens (tertiary/aromatic N) is 1. The first-order valence-electron chi connectivity index (χ1n) is 21.7. The van der Waals surface area contributed by atoms with E-state index in [4.69, 9.17) is 28.9 Å². The molecule has 5 aromatic carbocycles. The fraction of sp³-hybridized carbons (Fsp3) is 0.346. The van der Waals surface area contributed by atoms with Gasteiger partial charge in [0.25, 0.3) is 0 Å². The summed E-state index contributed by atoms with van der Waals surface area (Å²) in [6.45, 7) is 4.92. The van der Waals surface area contributed by atoms with Gasteiger partial charge in [-0.15, -0.1) is 18.3 Å². The second-order valence-electron chi connectivity index (χ2n) is 16.3. The Kier molecular flexibility index (Phi) is 14.1. The van der Waals surface area contributed by atoms with E-state index in [9.17, 15) is 15.0 Å². The number of fused-ring (bicyclic) bond motifs is 3. The number of hydrogen-bond donors (Lipinski definition) is 2. The van der Waals surface area contributed by atoms with Crippen molar-refractivity contribution >= 4 is 34.5 Å². The van der Waals surface area contributed by atoms with Crippen molar-refractivity contribution in [2.24, 2.45) is 22.9 Å². The molecule has 2 aliphatic carbocycles. The Morgan fingerprint density at radius 2 is 1.63 bits per heavy atom. The minimum absolute atomic E-state index is 0.117. The van der Waals surface area contributed by atoms with Gasteiger partial charge in [0.05, 0.1) is 36.2 Å². The molecule has 0 bridgehead atoms. The van der Waals surface area contributed by atoms with Crippen molar-refractivity contribution in [3.8, 4) is 23.0 Å². The molecule has 1 aliphatic heterocycles. The van der Waals surface area contributed by atoms with Crippen LogP contribution >= 0.6 is 11.8 Å². The van der Waals surface area contributed by atoms with Crippen LogP contribution in [-0.2, 0) is 16.2 Å². The maximum absolute atomic E-state index is 11.9. The lowest BCUT2D eigenvalue weighted by Crippen LogP contribution is -2.64. The molecule has 9 nitrogen and oxygen atoms in total. The number of allylic oxidation sites excluding steroid dienone is 1. The van der Waals surface area contributed by atoms with E-state index in [-0.39, 0.29) is 48.7 Å². The molecule has 3 aliphatic rings. The maximum atomic E-state index is 11.9. The molecule has 8 rings (SSSR count). The molecular formula is C52H55NO8S. The topological polar surface area (TPSA) is 116 Å². The van der Waals surface area contributed by atoms with E-state index in [1.807, 2.05) is 42.5 Å². The summed E-state index contributed by atoms with van der Waals surface area (Å²) in [4.78, 5) is 19.3. The van der Waals surface area contributed by atoms with E-state index in [0.29, 0.717) is 48.7 Å². The summed E-state index contributed by atoms with van der Waals surface area (Å²) in [5.74, 6) is 0.981. The van der Waals surface area contributed by atoms with Crippen molar-refractivity contribution in [2.75, 3.05) is 26.9 Å². The van der Waals surface area contributed by atoms with E-state index < -0.39 is 5.79 Å². The van der Waals surface area contributed by atoms with Gasteiger partial charge in [0.15, 0.2) is 6.29 Å². The summed E-state index contributed by atoms with van der Waals surface area (Å²) in [5.41, 5.74) is 4.34. The zero-order chi connectivity index (χ0) is 42.9. The lowest BCUT2D eigenvalue weighted by molar-refractivity contribution is -0.223. The van der Waals surface area contributed by atoms with Crippen molar-refractivity contribution < 1.29 is 38.8 Å². The quantitative estimate of drug-likeness (QED) is 0.0342. The molecule has 0 amide bonds. The van der Waals surface area contributed by atoms with Crippen molar-refractivity contribution in [3.63, 3.8) is 0 Å². The maximum Gasteiger partial charge on any atom is 0.231 e. The fourth-order valence-electron chi connectivity index (χ4n) is 9.66. The third-order valence-corrected chi connectivity index (χ3v) is 13.7. The molecular weight excluding hydrogens is 799 g/mol. The fourth-order valence-corrected chi connectivity index (χ4v) is 11.0. The molecule has 62 heavy (non-hydrogen) atoms. The van der Waals surface area contributed by atoms with Gasteiger partial charge in [-0.3, -0.25) is 4.79 Å². The van der Waals surface area contributed by atoms with Crippen molar-refractivity contribution in [3.05, 3.63) is 150 Å². The first kappa shape index (κ1) is 43.3. The van der Waals surface area contributed by atoms with Gasteiger partial charge in [-0.25, -0.2) is 0 Å². The van der Waals surface area contributed by atoms with E-state index in [1.54, 1.807) is 36.0 Å². The number of methoxy groups -OCH3 is 1. The van der Waals surface area contributed by atoms with E-state index >= 15 is 0 Å². The summed E-state index contributed by atoms with van der Waals surface area (Å²) < 4.78 is 26.5. The lowest BCUT2D eigenvalue weighted by atomic mass is 9.56. The third kappa shape index (κ3) is 9.20. The van der Waals surface area contributed by atoms with Crippen LogP contribution in [0.25, 0.3) is 10.8 Å². The molecule has 1 saturated carbocycles. The SMILES string of the molecule is C=CCOC12Oc3ccc(Oc4ccc(OC)c(C=O)c4)cc3C3C(CCCCO)C(CCCCO)C=C(C(=NOCc4ccccc4)CC1Sc1ccc4ccccc4c1)C32. The van der Waals surface area contributed by atoms with Crippen LogP contribution < -0.4 is 14.2 Å². The molecule has 0 aromatic heterocycles. The monoisotopic (exact) mass is 853 g/mol. The standard InChI is InChI=1S/C52H55NO8S/c1-3-27-58-52-49(62-42-22-19-36-15-7-8-16-37(36)29-42)32-46(53-59-34-35-13-5-4-6-14-35)44-30-38(17-9-11-25-54)43(18-10-12-26-55)50(51(44)52)45-31-41(21-24-48(45)61-52)60-40-20-23-47(57-2)39(28-40)33-56/h3-8,13-16,19-24,28-31,33,38,43,49-51,54-55H,1,9-12,17-18,25-27,32,34H2,2H3. The zero-order valence-corrected chi connectivity index (χ0v) is 36.0. The number of benzene rings is 5. The first-order chi connectivity index (χ1) is 30.5. The number of ether oxygens (including phenoxy) is 4. The molecule has 0 spiro atoms. The Bertz CT molecular complexity index is 2400. The minimum Gasteiger partial charge on any atom is -0.496 e. The van der Waals surface area contributed by atoms with Gasteiger partial charge in [-0.1, -0.05) is 90.8 Å². The minimum atomic E-state index is -1.14. The summed E-state index contributed by atoms with van der Waals surface area (Å²) in [6, 6.07) is 36.2. The number of hydrogen-bond acceptors (Lipinski definition) is 10. The van der Waals surface area contributed by atoms with Gasteiger partial charge < -0.3 is 34.0 Å². The van der Waals surface area contributed by atoms with E-state index in [0.717, 1.165) is 70.4 Å². The van der Waals surface area contributed by atoms with E-state index in [2.05, 4.69) is 61.2 Å². The largest absolute Gasteiger partial charge is 0.496 e. The summed E-state index contributed by atoms with van der Waals surface area (Å²) in [5, 5.41) is 27.0. The Labute approximate surface area is 368 Å². The number of oxime groups is 1. The third-order valence-electron chi connectivity index (χ3n) is 12.4. The van der Waals surface area contributed by atoms with Crippen molar-refractivity contribution in [1.82, 2.24) is 0 Å². The second kappa shape index (κ2) is 20.2. The summed E-state index contributed by atoms with van der Waals surface area (Å²) in [7, 11) is 1.54. The summed E-state index contributed by atoms with van der Waals surface area (Å²) in [6.07, 6.45) is 10.3. The van der Waals surface area contributed by atoms with Crippen LogP contribution in [0.5, 0.6) is 23.0 Å². The Balaban J connectivity index is 1.29. The van der Waals surface area contributed by atoms with E-state index in [1.165, 1.54) is 12.5 Å². The molecule has 1 fully saturated rings. The number of thioether (sulfide) groups is 1. The average molecular weight is 854 g/mol. The number of carbonyl (C=O) groups is 1. The number of aliphatic hydroxyl groups is 2. The van der Waals surface area contributed by atoms with Gasteiger partial charge in [0.1, 0.15) is 29.6 Å². The van der Waals surface area contributed by atoms with Crippen LogP contribution in [0.3, 0.4) is 0 Å². The smallest absolute Gasteiger partial charge is 0.231 e. The number of carbonyl (C=O) groups excluding carboxylic acids is 1. The van der Waals surface area contributed by atoms with Crippen LogP contribution in [0.15, 0.2) is 144 Å². The predicted molar refractivity (Wildman–Crippen MR) is 244 cm³/mol. The van der Waals surface area contributed by atoms with Crippen LogP contribution in [0.4, 0.5) is 0 Å². The molecule has 6 unspecified atom stereocenters. The van der Waals surface area contributed by atoms with Crippen LogP contribution in [0.2, 0.25) is 0 Å². The first-order valence-corrected chi connectivity index (χ1v) is 22.6. The molecule has 2 N–H and O–H groups in total. The molecule has 1 heterocycles. The number of aldehydes is 1. The molecule has 322 valence electrons. The number of unbranched alkanes of at least 4 members (excludes halogenated alkanes) is 2. The van der Waals surface area contributed by atoms with Crippen molar-refractivity contribution in [1.29, 1.82) is 0 Å². The van der Waals surface area contributed by atoms with Crippen LogP contribution in [-0.4, -0.2) is 60.2 Å². The molecule has 0 saturated heterocycles. The Morgan fingerprint density at radius 1 is 0.871 bits per heavy atom. The van der Waals surface area contributed by atoms with Gasteiger partial charge >= 0.3 is 0 Å². The highest BCUT2D eigenvalue weighted by atomic mass is 32.2. The highest BCUT2D eigenvalue weighted by Gasteiger charge is 2.64. The molecule has 0 radical (unpaired) electrons. The molecule has 5 aromatic rings.